The van der Waals surface area contributed by atoms with Crippen molar-refractivity contribution < 1.29 is 14.7 Å². The average molecular weight is 448 g/mol. The van der Waals surface area contributed by atoms with Crippen LogP contribution in [0, 0.1) is 0 Å². The summed E-state index contributed by atoms with van der Waals surface area (Å²) in [5.74, 6) is 0.205. The quantitative estimate of drug-likeness (QED) is 0.292. The van der Waals surface area contributed by atoms with E-state index in [1.54, 1.807) is 23.9 Å². The third-order valence-electron chi connectivity index (χ3n) is 3.57. The number of nitrogens with one attached hydrogen (secondary N) is 1. The van der Waals surface area contributed by atoms with Crippen molar-refractivity contribution in [2.45, 2.75) is 30.6 Å². The van der Waals surface area contributed by atoms with Gasteiger partial charge >= 0.3 is 6.03 Å². The Balaban J connectivity index is 1.80. The number of hydroxylamine groups is 1. The maximum absolute atomic E-state index is 11.8. The van der Waals surface area contributed by atoms with Gasteiger partial charge in [0.25, 0.3) is 0 Å². The molecule has 2 aromatic heterocycles. The minimum atomic E-state index is -0.559. The van der Waals surface area contributed by atoms with Crippen LogP contribution in [-0.4, -0.2) is 34.2 Å². The molecule has 0 saturated heterocycles. The molecular weight excluding hydrogens is 426 g/mol. The molecule has 9 heteroatoms. The van der Waals surface area contributed by atoms with E-state index in [9.17, 15) is 9.90 Å². The van der Waals surface area contributed by atoms with Gasteiger partial charge in [0.1, 0.15) is 10.8 Å². The molecule has 0 spiro atoms. The molecule has 0 aliphatic heterocycles. The molecule has 0 atom stereocenters. The minimum Gasteiger partial charge on any atom is -0.507 e. The number of thiazole rings is 1. The van der Waals surface area contributed by atoms with Crippen molar-refractivity contribution in [3.05, 3.63) is 40.6 Å². The average Bonchev–Trinajstić information content (AvgIpc) is 3.31. The molecule has 2 amide bonds. The first-order valence-corrected chi connectivity index (χ1v) is 11.6. The summed E-state index contributed by atoms with van der Waals surface area (Å²) in [6, 6.07) is 8.55. The van der Waals surface area contributed by atoms with Crippen molar-refractivity contribution in [2.75, 3.05) is 6.26 Å². The molecule has 1 aromatic carbocycles. The number of thiophene rings is 1. The summed E-state index contributed by atoms with van der Waals surface area (Å²) >= 11 is 4.67. The van der Waals surface area contributed by atoms with E-state index in [4.69, 9.17) is 9.82 Å². The highest BCUT2D eigenvalue weighted by Gasteiger charge is 2.16. The van der Waals surface area contributed by atoms with E-state index in [1.165, 1.54) is 28.9 Å². The molecule has 6 nitrogen and oxygen atoms in total. The monoisotopic (exact) mass is 447 g/mol. The number of aliphatic imine (C=N–C) groups is 1. The number of phenols is 1. The lowest BCUT2D eigenvalue weighted by atomic mass is 10.1. The lowest BCUT2D eigenvalue weighted by molar-refractivity contribution is -0.0512. The third kappa shape index (κ3) is 5.66. The number of thioether (sulfide) groups is 1. The second-order valence-electron chi connectivity index (χ2n) is 6.99. The molecule has 0 saturated carbocycles. The van der Waals surface area contributed by atoms with Gasteiger partial charge in [0.15, 0.2) is 0 Å². The van der Waals surface area contributed by atoms with Gasteiger partial charge in [-0.25, -0.2) is 15.3 Å². The number of benzene rings is 1. The number of carbonyl (C=O) groups is 1. The maximum atomic E-state index is 11.8. The van der Waals surface area contributed by atoms with Crippen molar-refractivity contribution in [2.24, 2.45) is 4.99 Å². The summed E-state index contributed by atoms with van der Waals surface area (Å²) in [5.41, 5.74) is 4.25. The molecule has 2 N–H and O–H groups in total. The molecule has 3 aromatic rings. The SMILES string of the molecule is CSc1sc(C=NC(=O)NOC(C)(C)C)cc1-c1nc(-c2ccccc2O)cs1. The van der Waals surface area contributed by atoms with Gasteiger partial charge in [0, 0.05) is 27.6 Å². The first kappa shape index (κ1) is 21.5. The topological polar surface area (TPSA) is 83.8 Å². The normalized spacial score (nSPS) is 11.9. The molecule has 152 valence electrons. The van der Waals surface area contributed by atoms with Crippen LogP contribution in [0.1, 0.15) is 25.6 Å². The molecule has 29 heavy (non-hydrogen) atoms. The van der Waals surface area contributed by atoms with Crippen molar-refractivity contribution in [1.29, 1.82) is 0 Å². The standard InChI is InChI=1S/C20H21N3O3S3/c1-20(2,3)26-23-19(25)21-10-12-9-14(18(27-4)29-12)17-22-15(11-28-17)13-7-5-6-8-16(13)24/h5-11,24H,1-4H3,(H,23,25). The zero-order valence-corrected chi connectivity index (χ0v) is 18.9. The van der Waals surface area contributed by atoms with E-state index < -0.39 is 11.6 Å². The number of nitrogens with zero attached hydrogens (tertiary/aromatic N) is 2. The second-order valence-corrected chi connectivity index (χ2v) is 10.0. The highest BCUT2D eigenvalue weighted by molar-refractivity contribution is 8.00. The summed E-state index contributed by atoms with van der Waals surface area (Å²) in [7, 11) is 0. The molecule has 0 radical (unpaired) electrons. The number of carbonyl (C=O) groups excluding carboxylic acids is 1. The summed E-state index contributed by atoms with van der Waals surface area (Å²) in [6.07, 6.45) is 3.52. The van der Waals surface area contributed by atoms with Gasteiger partial charge < -0.3 is 5.11 Å². The van der Waals surface area contributed by atoms with Crippen molar-refractivity contribution in [3.63, 3.8) is 0 Å². The molecular formula is C20H21N3O3S3. The predicted octanol–water partition coefficient (Wildman–Crippen LogP) is 5.82. The Morgan fingerprint density at radius 2 is 2.07 bits per heavy atom. The van der Waals surface area contributed by atoms with Gasteiger partial charge in [-0.1, -0.05) is 12.1 Å². The maximum Gasteiger partial charge on any atom is 0.364 e. The van der Waals surface area contributed by atoms with Crippen molar-refractivity contribution in [3.8, 4) is 27.6 Å². The summed E-state index contributed by atoms with van der Waals surface area (Å²) in [6.45, 7) is 5.51. The Morgan fingerprint density at radius 3 is 2.76 bits per heavy atom. The van der Waals surface area contributed by atoms with Crippen molar-refractivity contribution >= 4 is 46.7 Å². The van der Waals surface area contributed by atoms with E-state index in [0.29, 0.717) is 5.56 Å². The number of aromatic hydroxyl groups is 1. The number of urea groups is 1. The number of hydrogen-bond donors (Lipinski definition) is 2. The van der Waals surface area contributed by atoms with E-state index in [2.05, 4.69) is 10.5 Å². The van der Waals surface area contributed by atoms with E-state index >= 15 is 0 Å². The first-order chi connectivity index (χ1) is 13.8. The number of phenolic OH excluding ortho intramolecular Hbond substituents is 1. The van der Waals surface area contributed by atoms with Gasteiger partial charge in [-0.3, -0.25) is 4.84 Å². The van der Waals surface area contributed by atoms with Gasteiger partial charge in [0.2, 0.25) is 0 Å². The van der Waals surface area contributed by atoms with E-state index in [-0.39, 0.29) is 5.75 Å². The fourth-order valence-electron chi connectivity index (χ4n) is 2.31. The summed E-state index contributed by atoms with van der Waals surface area (Å²) < 4.78 is 1.08. The fraction of sp³-hybridized carbons (Fsp3) is 0.250. The van der Waals surface area contributed by atoms with Crippen LogP contribution < -0.4 is 5.48 Å². The van der Waals surface area contributed by atoms with Crippen LogP contribution in [0.4, 0.5) is 4.79 Å². The molecule has 0 unspecified atom stereocenters. The summed E-state index contributed by atoms with van der Waals surface area (Å²) in [4.78, 5) is 26.5. The number of para-hydroxylation sites is 1. The van der Waals surface area contributed by atoms with Gasteiger partial charge in [0.05, 0.1) is 15.5 Å². The molecule has 3 rings (SSSR count). The van der Waals surface area contributed by atoms with Crippen LogP contribution in [0.15, 0.2) is 44.9 Å². The zero-order chi connectivity index (χ0) is 21.0. The van der Waals surface area contributed by atoms with Crippen molar-refractivity contribution in [1.82, 2.24) is 10.5 Å². The lowest BCUT2D eigenvalue weighted by Gasteiger charge is -2.17. The van der Waals surface area contributed by atoms with Gasteiger partial charge in [-0.2, -0.15) is 4.99 Å². The van der Waals surface area contributed by atoms with Crippen LogP contribution in [0.25, 0.3) is 21.8 Å². The lowest BCUT2D eigenvalue weighted by Crippen LogP contribution is -2.31. The van der Waals surface area contributed by atoms with Gasteiger partial charge in [-0.05, 0) is 45.2 Å². The number of aromatic nitrogens is 1. The van der Waals surface area contributed by atoms with Crippen LogP contribution in [0.2, 0.25) is 0 Å². The first-order valence-electron chi connectivity index (χ1n) is 8.71. The molecule has 0 bridgehead atoms. The smallest absolute Gasteiger partial charge is 0.364 e. The van der Waals surface area contributed by atoms with Crippen LogP contribution in [0.5, 0.6) is 5.75 Å². The Bertz CT molecular complexity index is 1040. The minimum absolute atomic E-state index is 0.205. The molecule has 2 heterocycles. The number of amides is 2. The molecule has 0 aliphatic rings. The van der Waals surface area contributed by atoms with E-state index in [0.717, 1.165) is 25.4 Å². The Hall–Kier alpha value is -2.20. The highest BCUT2D eigenvalue weighted by Crippen LogP contribution is 2.40. The zero-order valence-electron chi connectivity index (χ0n) is 16.4. The van der Waals surface area contributed by atoms with Gasteiger partial charge in [-0.15, -0.1) is 34.4 Å². The van der Waals surface area contributed by atoms with Crippen LogP contribution in [-0.2, 0) is 4.84 Å². The predicted molar refractivity (Wildman–Crippen MR) is 121 cm³/mol. The number of hydrogen-bond acceptors (Lipinski definition) is 7. The number of rotatable bonds is 5. The third-order valence-corrected chi connectivity index (χ3v) is 6.65. The van der Waals surface area contributed by atoms with E-state index in [1.807, 2.05) is 50.6 Å². The van der Waals surface area contributed by atoms with Crippen LogP contribution in [0.3, 0.4) is 0 Å². The molecule has 0 fully saturated rings. The van der Waals surface area contributed by atoms with Crippen LogP contribution >= 0.6 is 34.4 Å². The summed E-state index contributed by atoms with van der Waals surface area (Å²) in [5, 5.41) is 12.8. The second kappa shape index (κ2) is 9.08. The Morgan fingerprint density at radius 1 is 1.31 bits per heavy atom. The Kier molecular flexibility index (Phi) is 6.74. The molecule has 0 aliphatic carbocycles. The Labute approximate surface area is 181 Å². The highest BCUT2D eigenvalue weighted by atomic mass is 32.2. The fourth-order valence-corrected chi connectivity index (χ4v) is 5.04. The largest absolute Gasteiger partial charge is 0.507 e.